The van der Waals surface area contributed by atoms with E-state index in [1.54, 1.807) is 4.90 Å². The number of aliphatic hydroxyl groups excluding tert-OH is 1. The first kappa shape index (κ1) is 20.6. The quantitative estimate of drug-likeness (QED) is 0.570. The van der Waals surface area contributed by atoms with Crippen LogP contribution in [0.5, 0.6) is 0 Å². The molecule has 0 atom stereocenters. The number of aromatic amines is 1. The SMILES string of the molecule is CCc1ccc2[nH]c(=O)c(CN(CCCO)C(=O)Nc3ccc(C)cc3)cc2c1. The molecule has 0 aliphatic rings. The van der Waals surface area contributed by atoms with Gasteiger partial charge in [0.2, 0.25) is 0 Å². The molecule has 3 rings (SSSR count). The number of carbonyl (C=O) groups is 1. The molecule has 0 bridgehead atoms. The summed E-state index contributed by atoms with van der Waals surface area (Å²) in [5.41, 5.74) is 4.07. The monoisotopic (exact) mass is 393 g/mol. The van der Waals surface area contributed by atoms with E-state index < -0.39 is 0 Å². The highest BCUT2D eigenvalue weighted by Crippen LogP contribution is 2.16. The van der Waals surface area contributed by atoms with E-state index in [-0.39, 0.29) is 24.7 Å². The Bertz CT molecular complexity index is 1040. The van der Waals surface area contributed by atoms with Gasteiger partial charge in [0.1, 0.15) is 0 Å². The van der Waals surface area contributed by atoms with Gasteiger partial charge in [-0.1, -0.05) is 30.7 Å². The van der Waals surface area contributed by atoms with E-state index in [1.165, 1.54) is 5.56 Å². The third-order valence-electron chi connectivity index (χ3n) is 4.93. The Morgan fingerprint density at radius 3 is 2.59 bits per heavy atom. The second-order valence-electron chi connectivity index (χ2n) is 7.19. The van der Waals surface area contributed by atoms with Crippen molar-refractivity contribution in [2.45, 2.75) is 33.2 Å². The van der Waals surface area contributed by atoms with Crippen LogP contribution in [0.1, 0.15) is 30.0 Å². The van der Waals surface area contributed by atoms with Crippen molar-refractivity contribution in [1.29, 1.82) is 0 Å². The van der Waals surface area contributed by atoms with E-state index in [9.17, 15) is 14.7 Å². The third-order valence-corrected chi connectivity index (χ3v) is 4.93. The molecule has 0 fully saturated rings. The molecule has 0 saturated heterocycles. The number of nitrogens with one attached hydrogen (secondary N) is 2. The first-order chi connectivity index (χ1) is 14.0. The Hall–Kier alpha value is -3.12. The summed E-state index contributed by atoms with van der Waals surface area (Å²) in [6.45, 7) is 4.55. The number of carbonyl (C=O) groups excluding carboxylic acids is 1. The van der Waals surface area contributed by atoms with Gasteiger partial charge in [0.15, 0.2) is 0 Å². The van der Waals surface area contributed by atoms with Gasteiger partial charge in [0.25, 0.3) is 5.56 Å². The fourth-order valence-corrected chi connectivity index (χ4v) is 3.20. The molecule has 152 valence electrons. The minimum Gasteiger partial charge on any atom is -0.396 e. The number of aliphatic hydroxyl groups is 1. The Balaban J connectivity index is 1.85. The average molecular weight is 393 g/mol. The van der Waals surface area contributed by atoms with Crippen LogP contribution in [0.3, 0.4) is 0 Å². The number of pyridine rings is 1. The van der Waals surface area contributed by atoms with Crippen LogP contribution < -0.4 is 10.9 Å². The highest BCUT2D eigenvalue weighted by atomic mass is 16.3. The van der Waals surface area contributed by atoms with Crippen LogP contribution in [-0.4, -0.2) is 34.2 Å². The lowest BCUT2D eigenvalue weighted by atomic mass is 10.1. The first-order valence-electron chi connectivity index (χ1n) is 9.88. The number of anilines is 1. The Labute approximate surface area is 170 Å². The summed E-state index contributed by atoms with van der Waals surface area (Å²) in [6.07, 6.45) is 1.35. The van der Waals surface area contributed by atoms with Gasteiger partial charge >= 0.3 is 6.03 Å². The number of H-pyrrole nitrogens is 1. The molecular formula is C23H27N3O3. The number of nitrogens with zero attached hydrogens (tertiary/aromatic N) is 1. The van der Waals surface area contributed by atoms with E-state index >= 15 is 0 Å². The number of aromatic nitrogens is 1. The molecule has 0 radical (unpaired) electrons. The van der Waals surface area contributed by atoms with Crippen molar-refractivity contribution in [3.05, 3.63) is 75.6 Å². The van der Waals surface area contributed by atoms with Crippen molar-refractivity contribution in [2.24, 2.45) is 0 Å². The summed E-state index contributed by atoms with van der Waals surface area (Å²) >= 11 is 0. The van der Waals surface area contributed by atoms with Gasteiger partial charge in [-0.05, 0) is 61.0 Å². The van der Waals surface area contributed by atoms with Gasteiger partial charge < -0.3 is 20.3 Å². The molecule has 6 heteroatoms. The van der Waals surface area contributed by atoms with Gasteiger partial charge in [-0.3, -0.25) is 4.79 Å². The lowest BCUT2D eigenvalue weighted by Gasteiger charge is -2.23. The van der Waals surface area contributed by atoms with Crippen LogP contribution in [0.2, 0.25) is 0 Å². The highest BCUT2D eigenvalue weighted by Gasteiger charge is 2.16. The molecule has 2 aromatic carbocycles. The van der Waals surface area contributed by atoms with Crippen LogP contribution >= 0.6 is 0 Å². The second kappa shape index (κ2) is 9.39. The standard InChI is InChI=1S/C23H27N3O3/c1-3-17-7-10-21-18(13-17)14-19(22(28)25-21)15-26(11-4-12-27)23(29)24-20-8-5-16(2)6-9-20/h5-10,13-14,27H,3-4,11-12,15H2,1-2H3,(H,24,29)(H,25,28). The molecule has 0 unspecified atom stereocenters. The van der Waals surface area contributed by atoms with Crippen molar-refractivity contribution in [3.8, 4) is 0 Å². The maximum atomic E-state index is 12.8. The number of amides is 2. The molecule has 3 N–H and O–H groups in total. The van der Waals surface area contributed by atoms with Crippen molar-refractivity contribution < 1.29 is 9.90 Å². The number of benzene rings is 2. The van der Waals surface area contributed by atoms with Gasteiger partial charge in [0, 0.05) is 29.9 Å². The van der Waals surface area contributed by atoms with E-state index in [2.05, 4.69) is 23.3 Å². The van der Waals surface area contributed by atoms with Crippen LogP contribution in [0.15, 0.2) is 53.3 Å². The summed E-state index contributed by atoms with van der Waals surface area (Å²) in [4.78, 5) is 29.8. The summed E-state index contributed by atoms with van der Waals surface area (Å²) in [6, 6.07) is 15.0. The van der Waals surface area contributed by atoms with E-state index in [4.69, 9.17) is 0 Å². The normalized spacial score (nSPS) is 10.9. The van der Waals surface area contributed by atoms with E-state index in [1.807, 2.05) is 49.4 Å². The number of hydrogen-bond acceptors (Lipinski definition) is 3. The molecular weight excluding hydrogens is 366 g/mol. The number of hydrogen-bond donors (Lipinski definition) is 3. The lowest BCUT2D eigenvalue weighted by molar-refractivity contribution is 0.199. The Morgan fingerprint density at radius 2 is 1.90 bits per heavy atom. The van der Waals surface area contributed by atoms with Gasteiger partial charge in [-0.2, -0.15) is 0 Å². The predicted octanol–water partition coefficient (Wildman–Crippen LogP) is 3.82. The Morgan fingerprint density at radius 1 is 1.14 bits per heavy atom. The summed E-state index contributed by atoms with van der Waals surface area (Å²) in [5.74, 6) is 0. The maximum absolute atomic E-state index is 12.8. The van der Waals surface area contributed by atoms with Crippen molar-refractivity contribution in [1.82, 2.24) is 9.88 Å². The van der Waals surface area contributed by atoms with Gasteiger partial charge in [-0.25, -0.2) is 4.79 Å². The molecule has 6 nitrogen and oxygen atoms in total. The molecule has 1 heterocycles. The fourth-order valence-electron chi connectivity index (χ4n) is 3.20. The lowest BCUT2D eigenvalue weighted by Crippen LogP contribution is -2.37. The minimum atomic E-state index is -0.302. The van der Waals surface area contributed by atoms with Crippen molar-refractivity contribution in [2.75, 3.05) is 18.5 Å². The highest BCUT2D eigenvalue weighted by molar-refractivity contribution is 5.89. The molecule has 0 aliphatic heterocycles. The zero-order chi connectivity index (χ0) is 20.8. The number of urea groups is 1. The third kappa shape index (κ3) is 5.23. The smallest absolute Gasteiger partial charge is 0.322 e. The van der Waals surface area contributed by atoms with Crippen LogP contribution in [0.25, 0.3) is 10.9 Å². The zero-order valence-electron chi connectivity index (χ0n) is 16.9. The zero-order valence-corrected chi connectivity index (χ0v) is 16.9. The molecule has 0 spiro atoms. The summed E-state index contributed by atoms with van der Waals surface area (Å²) < 4.78 is 0. The van der Waals surface area contributed by atoms with Crippen molar-refractivity contribution >= 4 is 22.6 Å². The minimum absolute atomic E-state index is 0.0255. The molecule has 0 saturated carbocycles. The molecule has 1 aromatic heterocycles. The molecule has 0 aliphatic carbocycles. The molecule has 29 heavy (non-hydrogen) atoms. The van der Waals surface area contributed by atoms with Gasteiger partial charge in [0.05, 0.1) is 6.54 Å². The average Bonchev–Trinajstić information content (AvgIpc) is 2.72. The second-order valence-corrected chi connectivity index (χ2v) is 7.19. The summed E-state index contributed by atoms with van der Waals surface area (Å²) in [5, 5.41) is 13.0. The van der Waals surface area contributed by atoms with E-state index in [0.717, 1.165) is 22.9 Å². The first-order valence-corrected chi connectivity index (χ1v) is 9.88. The topological polar surface area (TPSA) is 85.4 Å². The van der Waals surface area contributed by atoms with Crippen LogP contribution in [0, 0.1) is 6.92 Å². The number of rotatable bonds is 7. The number of fused-ring (bicyclic) bond motifs is 1. The molecule has 3 aromatic rings. The van der Waals surface area contributed by atoms with E-state index in [0.29, 0.717) is 24.2 Å². The Kier molecular flexibility index (Phi) is 6.67. The van der Waals surface area contributed by atoms with Gasteiger partial charge in [-0.15, -0.1) is 0 Å². The van der Waals surface area contributed by atoms with Crippen molar-refractivity contribution in [3.63, 3.8) is 0 Å². The largest absolute Gasteiger partial charge is 0.396 e. The van der Waals surface area contributed by atoms with Crippen LogP contribution in [-0.2, 0) is 13.0 Å². The summed E-state index contributed by atoms with van der Waals surface area (Å²) in [7, 11) is 0. The molecule has 2 amide bonds. The van der Waals surface area contributed by atoms with Crippen LogP contribution in [0.4, 0.5) is 10.5 Å². The maximum Gasteiger partial charge on any atom is 0.322 e. The number of aryl methyl sites for hydroxylation is 2. The fraction of sp³-hybridized carbons (Fsp3) is 0.304. The predicted molar refractivity (Wildman–Crippen MR) is 116 cm³/mol.